The molecule has 1 aromatic heterocycles. The van der Waals surface area contributed by atoms with Gasteiger partial charge in [-0.3, -0.25) is 4.57 Å². The van der Waals surface area contributed by atoms with E-state index in [9.17, 15) is 10.2 Å². The molecule has 0 bridgehead atoms. The lowest BCUT2D eigenvalue weighted by Gasteiger charge is -2.02. The minimum Gasteiger partial charge on any atom is -0.494 e. The highest BCUT2D eigenvalue weighted by Gasteiger charge is 2.11. The number of rotatable bonds is 3. The van der Waals surface area contributed by atoms with E-state index in [0.717, 1.165) is 6.42 Å². The fourth-order valence-electron chi connectivity index (χ4n) is 1.04. The van der Waals surface area contributed by atoms with E-state index in [-0.39, 0.29) is 17.4 Å². The van der Waals surface area contributed by atoms with Gasteiger partial charge in [0.2, 0.25) is 5.88 Å². The maximum atomic E-state index is 9.33. The molecular formula is C7H11N3O2. The summed E-state index contributed by atoms with van der Waals surface area (Å²) in [5.74, 6) is -0.204. The van der Waals surface area contributed by atoms with Crippen LogP contribution in [0.15, 0.2) is 11.2 Å². The summed E-state index contributed by atoms with van der Waals surface area (Å²) in [6.45, 7) is 2.45. The van der Waals surface area contributed by atoms with Crippen molar-refractivity contribution < 1.29 is 10.2 Å². The first kappa shape index (κ1) is 8.58. The predicted molar refractivity (Wildman–Crippen MR) is 42.9 cm³/mol. The van der Waals surface area contributed by atoms with Crippen LogP contribution in [0, 0.1) is 5.53 Å². The maximum absolute atomic E-state index is 9.33. The van der Waals surface area contributed by atoms with Crippen molar-refractivity contribution in [1.29, 1.82) is 5.53 Å². The summed E-state index contributed by atoms with van der Waals surface area (Å²) in [5, 5.41) is 21.6. The highest BCUT2D eigenvalue weighted by molar-refractivity contribution is 5.51. The molecule has 0 radical (unpaired) electrons. The van der Waals surface area contributed by atoms with Gasteiger partial charge in [0, 0.05) is 12.6 Å². The van der Waals surface area contributed by atoms with Crippen LogP contribution < -0.4 is 0 Å². The van der Waals surface area contributed by atoms with E-state index in [1.54, 1.807) is 0 Å². The Bertz CT molecular complexity index is 293. The Kier molecular flexibility index (Phi) is 2.32. The summed E-state index contributed by atoms with van der Waals surface area (Å²) >= 11 is 0. The van der Waals surface area contributed by atoms with Gasteiger partial charge in [-0.05, 0) is 6.42 Å². The number of hydrogen-bond acceptors (Lipinski definition) is 4. The molecule has 5 heteroatoms. The Hall–Kier alpha value is -1.52. The normalized spacial score (nSPS) is 10.1. The van der Waals surface area contributed by atoms with Gasteiger partial charge in [-0.1, -0.05) is 6.92 Å². The summed E-state index contributed by atoms with van der Waals surface area (Å²) in [5.41, 5.74) is 6.77. The third kappa shape index (κ3) is 1.25. The maximum Gasteiger partial charge on any atom is 0.222 e. The average Bonchev–Trinajstić information content (AvgIpc) is 2.32. The molecule has 66 valence electrons. The lowest BCUT2D eigenvalue weighted by atomic mass is 10.5. The molecule has 1 heterocycles. The monoisotopic (exact) mass is 169 g/mol. The summed E-state index contributed by atoms with van der Waals surface area (Å²) in [6, 6.07) is 1.26. The zero-order chi connectivity index (χ0) is 9.14. The van der Waals surface area contributed by atoms with E-state index in [0.29, 0.717) is 6.54 Å². The predicted octanol–water partition coefficient (Wildman–Crippen LogP) is 1.97. The van der Waals surface area contributed by atoms with Crippen molar-refractivity contribution in [2.75, 3.05) is 0 Å². The minimum absolute atomic E-state index is 0.0552. The van der Waals surface area contributed by atoms with Gasteiger partial charge in [0.25, 0.3) is 0 Å². The van der Waals surface area contributed by atoms with Gasteiger partial charge < -0.3 is 10.2 Å². The first-order valence-electron chi connectivity index (χ1n) is 3.69. The highest BCUT2D eigenvalue weighted by Crippen LogP contribution is 2.34. The average molecular weight is 169 g/mol. The molecule has 0 saturated carbocycles. The Morgan fingerprint density at radius 3 is 2.67 bits per heavy atom. The number of aromatic hydroxyl groups is 2. The molecule has 0 aliphatic carbocycles. The van der Waals surface area contributed by atoms with Crippen LogP contribution in [-0.2, 0) is 6.54 Å². The van der Waals surface area contributed by atoms with Gasteiger partial charge in [-0.2, -0.15) is 5.11 Å². The van der Waals surface area contributed by atoms with Crippen molar-refractivity contribution in [2.45, 2.75) is 19.9 Å². The molecule has 3 N–H and O–H groups in total. The molecule has 0 fully saturated rings. The molecule has 5 nitrogen and oxygen atoms in total. The zero-order valence-corrected chi connectivity index (χ0v) is 6.78. The second kappa shape index (κ2) is 3.25. The Morgan fingerprint density at radius 2 is 2.25 bits per heavy atom. The van der Waals surface area contributed by atoms with E-state index in [1.165, 1.54) is 10.6 Å². The van der Waals surface area contributed by atoms with Gasteiger partial charge in [-0.15, -0.1) is 0 Å². The van der Waals surface area contributed by atoms with Gasteiger partial charge in [0.05, 0.1) is 0 Å². The molecule has 1 aromatic rings. The third-order valence-corrected chi connectivity index (χ3v) is 1.59. The fraction of sp³-hybridized carbons (Fsp3) is 0.429. The van der Waals surface area contributed by atoms with Crippen LogP contribution in [0.1, 0.15) is 13.3 Å². The van der Waals surface area contributed by atoms with Crippen LogP contribution >= 0.6 is 0 Å². The molecule has 0 unspecified atom stereocenters. The Balaban J connectivity index is 3.09. The Labute approximate surface area is 69.8 Å². The largest absolute Gasteiger partial charge is 0.494 e. The van der Waals surface area contributed by atoms with Crippen LogP contribution in [0.5, 0.6) is 11.8 Å². The molecule has 0 aliphatic heterocycles. The number of aromatic nitrogens is 1. The summed E-state index contributed by atoms with van der Waals surface area (Å²) < 4.78 is 1.31. The second-order valence-electron chi connectivity index (χ2n) is 2.47. The van der Waals surface area contributed by atoms with E-state index in [4.69, 9.17) is 5.53 Å². The van der Waals surface area contributed by atoms with Crippen molar-refractivity contribution >= 4 is 5.69 Å². The molecule has 0 atom stereocenters. The van der Waals surface area contributed by atoms with E-state index >= 15 is 0 Å². The van der Waals surface area contributed by atoms with Gasteiger partial charge in [0.15, 0.2) is 11.6 Å². The number of hydrogen-bond donors (Lipinski definition) is 3. The third-order valence-electron chi connectivity index (χ3n) is 1.59. The SMILES string of the molecule is CCCn1c(O)cc(N=N)c1O. The van der Waals surface area contributed by atoms with Crippen LogP contribution in [0.4, 0.5) is 5.69 Å². The zero-order valence-electron chi connectivity index (χ0n) is 6.78. The van der Waals surface area contributed by atoms with Crippen LogP contribution in [-0.4, -0.2) is 14.8 Å². The molecule has 0 aliphatic rings. The van der Waals surface area contributed by atoms with Crippen molar-refractivity contribution in [3.05, 3.63) is 6.07 Å². The molecule has 12 heavy (non-hydrogen) atoms. The molecule has 0 saturated heterocycles. The lowest BCUT2D eigenvalue weighted by molar-refractivity contribution is 0.367. The Morgan fingerprint density at radius 1 is 1.58 bits per heavy atom. The number of nitrogens with one attached hydrogen (secondary N) is 1. The van der Waals surface area contributed by atoms with Crippen molar-refractivity contribution in [1.82, 2.24) is 4.57 Å². The summed E-state index contributed by atoms with van der Waals surface area (Å²) in [7, 11) is 0. The first-order valence-corrected chi connectivity index (χ1v) is 3.69. The second-order valence-corrected chi connectivity index (χ2v) is 2.47. The van der Waals surface area contributed by atoms with Crippen LogP contribution in [0.2, 0.25) is 0 Å². The van der Waals surface area contributed by atoms with Gasteiger partial charge in [0.1, 0.15) is 0 Å². The van der Waals surface area contributed by atoms with Crippen LogP contribution in [0.3, 0.4) is 0 Å². The molecule has 0 spiro atoms. The van der Waals surface area contributed by atoms with E-state index in [2.05, 4.69) is 5.11 Å². The van der Waals surface area contributed by atoms with Gasteiger partial charge >= 0.3 is 0 Å². The fourth-order valence-corrected chi connectivity index (χ4v) is 1.04. The number of nitrogens with zero attached hydrogens (tertiary/aromatic N) is 2. The standard InChI is InChI=1S/C7H11N3O2/c1-2-3-10-6(11)4-5(9-8)7(10)12/h4,8,11-12H,2-3H2,1H3. The first-order chi connectivity index (χ1) is 5.70. The molecule has 1 rings (SSSR count). The summed E-state index contributed by atoms with van der Waals surface area (Å²) in [4.78, 5) is 0. The van der Waals surface area contributed by atoms with Crippen molar-refractivity contribution in [3.8, 4) is 11.8 Å². The van der Waals surface area contributed by atoms with E-state index in [1.807, 2.05) is 6.92 Å². The minimum atomic E-state index is -0.149. The molecule has 0 aromatic carbocycles. The lowest BCUT2D eigenvalue weighted by Crippen LogP contribution is -1.93. The highest BCUT2D eigenvalue weighted by atomic mass is 16.3. The van der Waals surface area contributed by atoms with E-state index < -0.39 is 0 Å². The van der Waals surface area contributed by atoms with Gasteiger partial charge in [-0.25, -0.2) is 5.53 Å². The smallest absolute Gasteiger partial charge is 0.222 e. The molecule has 0 amide bonds. The topological polar surface area (TPSA) is 81.6 Å². The van der Waals surface area contributed by atoms with Crippen LogP contribution in [0.25, 0.3) is 0 Å². The van der Waals surface area contributed by atoms with Crippen molar-refractivity contribution in [3.63, 3.8) is 0 Å². The quantitative estimate of drug-likeness (QED) is 0.604. The summed E-state index contributed by atoms with van der Waals surface area (Å²) in [6.07, 6.45) is 0.799. The molecular weight excluding hydrogens is 158 g/mol. The van der Waals surface area contributed by atoms with Crippen molar-refractivity contribution in [2.24, 2.45) is 5.11 Å².